The van der Waals surface area contributed by atoms with Crippen molar-refractivity contribution in [1.82, 2.24) is 10.2 Å². The zero-order valence-corrected chi connectivity index (χ0v) is 13.9. The van der Waals surface area contributed by atoms with E-state index in [0.717, 1.165) is 30.0 Å². The zero-order valence-electron chi connectivity index (χ0n) is 13.2. The van der Waals surface area contributed by atoms with Crippen LogP contribution in [-0.2, 0) is 4.79 Å². The second-order valence-corrected chi connectivity index (χ2v) is 7.10. The van der Waals surface area contributed by atoms with Crippen LogP contribution in [0.2, 0.25) is 5.02 Å². The van der Waals surface area contributed by atoms with Crippen molar-refractivity contribution in [2.75, 3.05) is 13.1 Å². The van der Waals surface area contributed by atoms with Gasteiger partial charge in [0.15, 0.2) is 0 Å². The first kappa shape index (κ1) is 16.3. The van der Waals surface area contributed by atoms with Gasteiger partial charge in [0.25, 0.3) is 0 Å². The summed E-state index contributed by atoms with van der Waals surface area (Å²) in [6, 6.07) is 8.00. The molecular formula is C17H25ClN2O. The van der Waals surface area contributed by atoms with Gasteiger partial charge in [-0.25, -0.2) is 0 Å². The Morgan fingerprint density at radius 1 is 1.38 bits per heavy atom. The molecule has 2 rings (SSSR count). The molecule has 3 nitrogen and oxygen atoms in total. The van der Waals surface area contributed by atoms with E-state index in [0.29, 0.717) is 13.0 Å². The molecular weight excluding hydrogens is 284 g/mol. The number of hydrogen-bond donors (Lipinski definition) is 1. The highest BCUT2D eigenvalue weighted by Gasteiger charge is 2.30. The number of halogens is 1. The van der Waals surface area contributed by atoms with Crippen molar-refractivity contribution in [1.29, 1.82) is 0 Å². The minimum atomic E-state index is 0.0490. The molecule has 0 radical (unpaired) electrons. The van der Waals surface area contributed by atoms with Crippen molar-refractivity contribution in [3.63, 3.8) is 0 Å². The Hall–Kier alpha value is -1.06. The lowest BCUT2D eigenvalue weighted by Crippen LogP contribution is -2.39. The Morgan fingerprint density at radius 3 is 2.76 bits per heavy atom. The van der Waals surface area contributed by atoms with Crippen LogP contribution < -0.4 is 5.32 Å². The van der Waals surface area contributed by atoms with Gasteiger partial charge in [-0.15, -0.1) is 0 Å². The first-order chi connectivity index (χ1) is 9.88. The van der Waals surface area contributed by atoms with Gasteiger partial charge in [0.2, 0.25) is 5.91 Å². The number of amides is 1. The number of carbonyl (C=O) groups excluding carboxylic acids is 1. The van der Waals surface area contributed by atoms with E-state index in [1.165, 1.54) is 0 Å². The predicted octanol–water partition coefficient (Wildman–Crippen LogP) is 3.78. The van der Waals surface area contributed by atoms with Crippen LogP contribution in [-0.4, -0.2) is 29.4 Å². The van der Waals surface area contributed by atoms with Crippen molar-refractivity contribution in [3.05, 3.63) is 34.9 Å². The predicted molar refractivity (Wildman–Crippen MR) is 87.5 cm³/mol. The van der Waals surface area contributed by atoms with Gasteiger partial charge < -0.3 is 10.2 Å². The van der Waals surface area contributed by atoms with Gasteiger partial charge in [-0.2, -0.15) is 0 Å². The second-order valence-electron chi connectivity index (χ2n) is 6.69. The van der Waals surface area contributed by atoms with Crippen LogP contribution >= 0.6 is 11.6 Å². The standard InChI is InChI=1S/C17H25ClN2O/c1-17(2,3)19-11-10-16(21)20-12-6-9-15(20)13-7-4-5-8-14(13)18/h4-5,7-8,15,19H,6,9-12H2,1-3H3. The minimum Gasteiger partial charge on any atom is -0.336 e. The third-order valence-electron chi connectivity index (χ3n) is 3.83. The van der Waals surface area contributed by atoms with Crippen molar-refractivity contribution < 1.29 is 4.79 Å². The number of carbonyl (C=O) groups is 1. The lowest BCUT2D eigenvalue weighted by atomic mass is 10.0. The Balaban J connectivity index is 1.99. The van der Waals surface area contributed by atoms with Gasteiger partial charge >= 0.3 is 0 Å². The summed E-state index contributed by atoms with van der Waals surface area (Å²) in [6.45, 7) is 7.89. The van der Waals surface area contributed by atoms with Crippen molar-refractivity contribution >= 4 is 17.5 Å². The summed E-state index contributed by atoms with van der Waals surface area (Å²) < 4.78 is 0. The van der Waals surface area contributed by atoms with Gasteiger partial charge in [0, 0.05) is 30.1 Å². The van der Waals surface area contributed by atoms with Crippen LogP contribution in [0.5, 0.6) is 0 Å². The molecule has 0 aliphatic carbocycles. The summed E-state index contributed by atoms with van der Waals surface area (Å²) >= 11 is 6.29. The Labute approximate surface area is 132 Å². The molecule has 0 spiro atoms. The summed E-state index contributed by atoms with van der Waals surface area (Å²) in [4.78, 5) is 14.5. The monoisotopic (exact) mass is 308 g/mol. The van der Waals surface area contributed by atoms with Crippen molar-refractivity contribution in [2.45, 2.75) is 51.6 Å². The van der Waals surface area contributed by atoms with Crippen molar-refractivity contribution in [3.8, 4) is 0 Å². The highest BCUT2D eigenvalue weighted by Crippen LogP contribution is 2.35. The lowest BCUT2D eigenvalue weighted by Gasteiger charge is -2.27. The molecule has 0 saturated carbocycles. The summed E-state index contributed by atoms with van der Waals surface area (Å²) in [5, 5.41) is 4.13. The van der Waals surface area contributed by atoms with Gasteiger partial charge in [-0.05, 0) is 45.2 Å². The van der Waals surface area contributed by atoms with Crippen LogP contribution in [0.4, 0.5) is 0 Å². The van der Waals surface area contributed by atoms with Gasteiger partial charge in [0.05, 0.1) is 6.04 Å². The zero-order chi connectivity index (χ0) is 15.5. The van der Waals surface area contributed by atoms with Crippen LogP contribution in [0.3, 0.4) is 0 Å². The fraction of sp³-hybridized carbons (Fsp3) is 0.588. The van der Waals surface area contributed by atoms with Crippen LogP contribution in [0.1, 0.15) is 51.6 Å². The van der Waals surface area contributed by atoms with Crippen LogP contribution in [0, 0.1) is 0 Å². The van der Waals surface area contributed by atoms with E-state index in [1.807, 2.05) is 29.2 Å². The Bertz CT molecular complexity index is 496. The van der Waals surface area contributed by atoms with Gasteiger partial charge in [-0.3, -0.25) is 4.79 Å². The minimum absolute atomic E-state index is 0.0490. The molecule has 1 aliphatic rings. The Kier molecular flexibility index (Phi) is 5.28. The molecule has 4 heteroatoms. The molecule has 1 N–H and O–H groups in total. The molecule has 1 saturated heterocycles. The van der Waals surface area contributed by atoms with Crippen LogP contribution in [0.15, 0.2) is 24.3 Å². The van der Waals surface area contributed by atoms with E-state index >= 15 is 0 Å². The Morgan fingerprint density at radius 2 is 2.10 bits per heavy atom. The van der Waals surface area contributed by atoms with E-state index in [-0.39, 0.29) is 17.5 Å². The number of benzene rings is 1. The van der Waals surface area contributed by atoms with E-state index in [9.17, 15) is 4.79 Å². The molecule has 21 heavy (non-hydrogen) atoms. The normalized spacial score (nSPS) is 19.0. The molecule has 0 bridgehead atoms. The molecule has 1 aliphatic heterocycles. The molecule has 1 aromatic rings. The molecule has 1 heterocycles. The molecule has 1 atom stereocenters. The molecule has 1 fully saturated rings. The maximum absolute atomic E-state index is 12.5. The number of hydrogen-bond acceptors (Lipinski definition) is 2. The summed E-state index contributed by atoms with van der Waals surface area (Å²) in [5.74, 6) is 0.217. The maximum Gasteiger partial charge on any atom is 0.224 e. The fourth-order valence-corrected chi connectivity index (χ4v) is 3.08. The number of rotatable bonds is 4. The summed E-state index contributed by atoms with van der Waals surface area (Å²) in [6.07, 6.45) is 2.59. The van der Waals surface area contributed by atoms with E-state index in [2.05, 4.69) is 26.1 Å². The summed E-state index contributed by atoms with van der Waals surface area (Å²) in [7, 11) is 0. The van der Waals surface area contributed by atoms with Crippen LogP contribution in [0.25, 0.3) is 0 Å². The van der Waals surface area contributed by atoms with Gasteiger partial charge in [0.1, 0.15) is 0 Å². The molecule has 1 aromatic carbocycles. The topological polar surface area (TPSA) is 32.3 Å². The highest BCUT2D eigenvalue weighted by molar-refractivity contribution is 6.31. The number of nitrogens with one attached hydrogen (secondary N) is 1. The lowest BCUT2D eigenvalue weighted by molar-refractivity contribution is -0.132. The number of likely N-dealkylation sites (tertiary alicyclic amines) is 1. The smallest absolute Gasteiger partial charge is 0.224 e. The quantitative estimate of drug-likeness (QED) is 0.918. The van der Waals surface area contributed by atoms with Gasteiger partial charge in [-0.1, -0.05) is 29.8 Å². The maximum atomic E-state index is 12.5. The van der Waals surface area contributed by atoms with Crippen molar-refractivity contribution in [2.24, 2.45) is 0 Å². The first-order valence-corrected chi connectivity index (χ1v) is 8.05. The highest BCUT2D eigenvalue weighted by atomic mass is 35.5. The number of nitrogens with zero attached hydrogens (tertiary/aromatic N) is 1. The first-order valence-electron chi connectivity index (χ1n) is 7.67. The van der Waals surface area contributed by atoms with E-state index < -0.39 is 0 Å². The average Bonchev–Trinajstić information content (AvgIpc) is 2.86. The largest absolute Gasteiger partial charge is 0.336 e. The van der Waals surface area contributed by atoms with E-state index in [4.69, 9.17) is 11.6 Å². The molecule has 1 amide bonds. The third kappa shape index (κ3) is 4.45. The molecule has 1 unspecified atom stereocenters. The second kappa shape index (κ2) is 6.80. The fourth-order valence-electron chi connectivity index (χ4n) is 2.82. The summed E-state index contributed by atoms with van der Waals surface area (Å²) in [5.41, 5.74) is 1.13. The average molecular weight is 309 g/mol. The molecule has 0 aromatic heterocycles. The molecule has 116 valence electrons. The van der Waals surface area contributed by atoms with E-state index in [1.54, 1.807) is 0 Å². The third-order valence-corrected chi connectivity index (χ3v) is 4.18. The SMILES string of the molecule is CC(C)(C)NCCC(=O)N1CCCC1c1ccccc1Cl.